The summed E-state index contributed by atoms with van der Waals surface area (Å²) in [5, 5.41) is 145. The molecule has 0 radical (unpaired) electrons. The molecule has 4 saturated heterocycles. The highest BCUT2D eigenvalue weighted by Gasteiger charge is 2.74. The van der Waals surface area contributed by atoms with Crippen molar-refractivity contribution in [2.45, 2.75) is 262 Å². The summed E-state index contributed by atoms with van der Waals surface area (Å²) in [5.41, 5.74) is -3.18. The van der Waals surface area contributed by atoms with Gasteiger partial charge in [-0.15, -0.1) is 0 Å². The van der Waals surface area contributed by atoms with E-state index < -0.39 is 217 Å². The van der Waals surface area contributed by atoms with E-state index in [1.165, 1.54) is 13.8 Å². The summed E-state index contributed by atoms with van der Waals surface area (Å²) in [4.78, 5) is 39.7. The Balaban J connectivity index is 1.04. The minimum atomic E-state index is -2.21. The van der Waals surface area contributed by atoms with Crippen LogP contribution in [0.25, 0.3) is 0 Å². The average Bonchev–Trinajstić information content (AvgIpc) is 0.672. The minimum Gasteiger partial charge on any atom is -0.479 e. The van der Waals surface area contributed by atoms with E-state index in [9.17, 15) is 80.8 Å². The summed E-state index contributed by atoms with van der Waals surface area (Å²) in [6.07, 6.45) is -31.9. The first-order valence-electron chi connectivity index (χ1n) is 30.3. The van der Waals surface area contributed by atoms with Gasteiger partial charge < -0.3 is 114 Å². The van der Waals surface area contributed by atoms with Gasteiger partial charge in [-0.05, 0) is 105 Å². The van der Waals surface area contributed by atoms with E-state index in [0.29, 0.717) is 44.1 Å². The summed E-state index contributed by atoms with van der Waals surface area (Å²) in [6.45, 7) is 18.6. The molecule has 0 bridgehead atoms. The van der Waals surface area contributed by atoms with Gasteiger partial charge in [-0.25, -0.2) is 9.59 Å². The van der Waals surface area contributed by atoms with Crippen molar-refractivity contribution >= 4 is 17.9 Å². The van der Waals surface area contributed by atoms with Crippen molar-refractivity contribution in [2.75, 3.05) is 19.8 Å². The van der Waals surface area contributed by atoms with Crippen LogP contribution in [0.4, 0.5) is 0 Å². The standard InChI is InChI=1S/C60H94O26/c1-12-24(2)50(76)86-47-48(79-26(4)63)60(23-62)28(19-55(47,5)6)27-13-14-32-57(9)17-16-34(56(7,8)31(57)15-18-58(32,10)59(27,11)20-33(60)65)81-54-46(85-52-41(72)39(70)37(68)30(21-61)80-52)43(42(73)44(83-54)49(74)75)82-53-45(36(67)29(64)22-77-53)84-51-40(71)38(69)35(66)25(3)78-51/h12-13,25,28-48,51-54,61-62,64-73H,14-23H2,1-11H3,(H,74,75)/b24-12+/t25-,28+,29-,30+,31-,32+,33+,34-,35-,36-,37-,38+,39-,40+,41+,42-,43-,44-,45+,46+,47-,48-,51-,52-,53-,54+,57-,58+,59+,60-/m0/s1. The Morgan fingerprint density at radius 3 is 1.91 bits per heavy atom. The molecule has 26 heteroatoms. The molecule has 9 rings (SSSR count). The highest BCUT2D eigenvalue weighted by atomic mass is 16.8. The third-order valence-corrected chi connectivity index (χ3v) is 22.6. The first-order valence-corrected chi connectivity index (χ1v) is 30.3. The van der Waals surface area contributed by atoms with Gasteiger partial charge in [-0.3, -0.25) is 4.79 Å². The Morgan fingerprint density at radius 1 is 0.663 bits per heavy atom. The second kappa shape index (κ2) is 24.6. The normalized spacial score (nSPS) is 50.9. The largest absolute Gasteiger partial charge is 0.479 e. The molecule has 0 aromatic heterocycles. The molecule has 0 spiro atoms. The first kappa shape index (κ1) is 67.5. The second-order valence-corrected chi connectivity index (χ2v) is 28.0. The summed E-state index contributed by atoms with van der Waals surface area (Å²) < 4.78 is 61.3. The Labute approximate surface area is 500 Å². The molecule has 0 unspecified atom stereocenters. The number of aliphatic hydroxyl groups excluding tert-OH is 12. The van der Waals surface area contributed by atoms with E-state index in [-0.39, 0.29) is 18.3 Å². The Kier molecular flexibility index (Phi) is 19.3. The molecule has 8 fully saturated rings. The maximum absolute atomic E-state index is 13.5. The molecule has 4 aliphatic heterocycles. The number of fused-ring (bicyclic) bond motifs is 7. The van der Waals surface area contributed by atoms with Crippen LogP contribution in [0, 0.1) is 50.2 Å². The van der Waals surface area contributed by atoms with Gasteiger partial charge in [0, 0.05) is 17.9 Å². The summed E-state index contributed by atoms with van der Waals surface area (Å²) >= 11 is 0. The molecular formula is C60H94O26. The van der Waals surface area contributed by atoms with Crippen molar-refractivity contribution in [3.63, 3.8) is 0 Å². The summed E-state index contributed by atoms with van der Waals surface area (Å²) in [7, 11) is 0. The number of rotatable bonds is 14. The van der Waals surface area contributed by atoms with Crippen LogP contribution in [0.5, 0.6) is 0 Å². The van der Waals surface area contributed by atoms with Crippen molar-refractivity contribution in [2.24, 2.45) is 50.2 Å². The Bertz CT molecular complexity index is 2530. The molecule has 4 saturated carbocycles. The maximum Gasteiger partial charge on any atom is 0.335 e. The van der Waals surface area contributed by atoms with Gasteiger partial charge in [0.2, 0.25) is 0 Å². The first-order chi connectivity index (χ1) is 40.1. The van der Waals surface area contributed by atoms with Gasteiger partial charge in [-0.2, -0.15) is 0 Å². The fourth-order valence-corrected chi connectivity index (χ4v) is 17.4. The predicted molar refractivity (Wildman–Crippen MR) is 293 cm³/mol. The summed E-state index contributed by atoms with van der Waals surface area (Å²) in [5.74, 6) is -3.56. The number of allylic oxidation sites excluding steroid dienone is 3. The van der Waals surface area contributed by atoms with Crippen molar-refractivity contribution in [3.8, 4) is 0 Å². The molecule has 26 nitrogen and oxygen atoms in total. The number of carboxylic acids is 1. The number of aliphatic hydroxyl groups is 12. The zero-order chi connectivity index (χ0) is 63.5. The number of carbonyl (C=O) groups is 3. The number of ether oxygens (including phenoxy) is 10. The third-order valence-electron chi connectivity index (χ3n) is 22.6. The lowest BCUT2D eigenvalue weighted by atomic mass is 9.33. The van der Waals surface area contributed by atoms with Crippen molar-refractivity contribution in [1.82, 2.24) is 0 Å². The lowest BCUT2D eigenvalue weighted by molar-refractivity contribution is -0.400. The number of hydrogen-bond donors (Lipinski definition) is 13. The van der Waals surface area contributed by atoms with Crippen LogP contribution in [0.15, 0.2) is 23.3 Å². The third kappa shape index (κ3) is 11.0. The average molecular weight is 1230 g/mol. The van der Waals surface area contributed by atoms with Crippen molar-refractivity contribution < 1.29 is 128 Å². The molecule has 0 aromatic carbocycles. The smallest absolute Gasteiger partial charge is 0.335 e. The number of carboxylic acid groups (broad SMARTS) is 1. The van der Waals surface area contributed by atoms with Crippen molar-refractivity contribution in [1.29, 1.82) is 0 Å². The molecular weight excluding hydrogens is 1140 g/mol. The van der Waals surface area contributed by atoms with E-state index in [0.717, 1.165) is 5.57 Å². The van der Waals surface area contributed by atoms with E-state index in [1.54, 1.807) is 19.9 Å². The monoisotopic (exact) mass is 1230 g/mol. The van der Waals surface area contributed by atoms with Crippen LogP contribution >= 0.6 is 0 Å². The topological polar surface area (TPSA) is 407 Å². The molecule has 4 heterocycles. The van der Waals surface area contributed by atoms with Crippen LogP contribution in [0.3, 0.4) is 0 Å². The molecule has 490 valence electrons. The SMILES string of the molecule is C/C=C(\C)C(=O)O[C@H]1[C@H](OC(C)=O)[C@]2(CO)[C@H](O)C[C@]3(C)C(=CC[C@@H]4[C@@]5(C)CC[C@H](O[C@@H]6O[C@H](C(=O)O)[C@@H](O)[C@H](O[C@@H]7OC[C@H](O)[C@H](O)[C@H]7O[C@@H]7O[C@@H](C)[C@H](O)[C@@H](O)[C@H]7O)[C@H]6O[C@@H]6O[C@H](CO)[C@H](O)[C@H](O)[C@H]6O)C(C)(C)[C@@H]5CC[C@]43C)[C@H]2CC1(C)C. The number of aliphatic carboxylic acids is 1. The van der Waals surface area contributed by atoms with Gasteiger partial charge in [0.25, 0.3) is 0 Å². The highest BCUT2D eigenvalue weighted by molar-refractivity contribution is 5.87. The number of esters is 2. The lowest BCUT2D eigenvalue weighted by Gasteiger charge is -2.72. The quantitative estimate of drug-likeness (QED) is 0.0438. The van der Waals surface area contributed by atoms with Crippen LogP contribution in [0.2, 0.25) is 0 Å². The number of hydrogen-bond acceptors (Lipinski definition) is 25. The second-order valence-electron chi connectivity index (χ2n) is 28.0. The van der Waals surface area contributed by atoms with Gasteiger partial charge in [0.05, 0.1) is 43.5 Å². The van der Waals surface area contributed by atoms with E-state index in [1.807, 2.05) is 27.7 Å². The fraction of sp³-hybridized carbons (Fsp3) is 0.883. The fourth-order valence-electron chi connectivity index (χ4n) is 17.4. The van der Waals surface area contributed by atoms with Crippen LogP contribution in [0.1, 0.15) is 121 Å². The lowest BCUT2D eigenvalue weighted by Crippen LogP contribution is -2.72. The Morgan fingerprint density at radius 2 is 1.29 bits per heavy atom. The van der Waals surface area contributed by atoms with Crippen LogP contribution in [-0.2, 0) is 61.8 Å². The zero-order valence-electron chi connectivity index (χ0n) is 50.9. The molecule has 0 amide bonds. The van der Waals surface area contributed by atoms with E-state index >= 15 is 0 Å². The molecule has 5 aliphatic carbocycles. The minimum absolute atomic E-state index is 0.0105. The molecule has 13 N–H and O–H groups in total. The van der Waals surface area contributed by atoms with Crippen molar-refractivity contribution in [3.05, 3.63) is 23.3 Å². The molecule has 30 atom stereocenters. The zero-order valence-corrected chi connectivity index (χ0v) is 50.9. The highest BCUT2D eigenvalue weighted by Crippen LogP contribution is 2.76. The van der Waals surface area contributed by atoms with Gasteiger partial charge in [0.1, 0.15) is 91.6 Å². The number of carbonyl (C=O) groups excluding carboxylic acids is 2. The van der Waals surface area contributed by atoms with Crippen LogP contribution < -0.4 is 0 Å². The predicted octanol–water partition coefficient (Wildman–Crippen LogP) is -0.803. The molecule has 9 aliphatic rings. The van der Waals surface area contributed by atoms with Gasteiger partial charge in [0.15, 0.2) is 31.3 Å². The van der Waals surface area contributed by atoms with Crippen LogP contribution in [-0.4, -0.2) is 245 Å². The molecule has 86 heavy (non-hydrogen) atoms. The maximum atomic E-state index is 13.5. The molecule has 0 aromatic rings. The van der Waals surface area contributed by atoms with E-state index in [4.69, 9.17) is 47.4 Å². The summed E-state index contributed by atoms with van der Waals surface area (Å²) in [6, 6.07) is 0. The van der Waals surface area contributed by atoms with Gasteiger partial charge >= 0.3 is 17.9 Å². The van der Waals surface area contributed by atoms with E-state index in [2.05, 4.69) is 26.8 Å². The van der Waals surface area contributed by atoms with Gasteiger partial charge in [-0.1, -0.05) is 66.2 Å². The Hall–Kier alpha value is -2.91.